The van der Waals surface area contributed by atoms with E-state index in [1.807, 2.05) is 13.8 Å². The molecule has 1 aliphatic carbocycles. The maximum atomic E-state index is 12.9. The third kappa shape index (κ3) is 6.07. The Morgan fingerprint density at radius 2 is 1.94 bits per heavy atom. The molecule has 1 aromatic carbocycles. The van der Waals surface area contributed by atoms with Crippen molar-refractivity contribution in [2.24, 2.45) is 10.6 Å². The molecule has 1 heterocycles. The van der Waals surface area contributed by atoms with Gasteiger partial charge < -0.3 is 10.2 Å². The molecule has 1 aromatic heterocycles. The number of aromatic nitrogens is 1. The van der Waals surface area contributed by atoms with Crippen molar-refractivity contribution in [1.82, 2.24) is 4.98 Å². The molecule has 3 rings (SSSR count). The first kappa shape index (κ1) is 22.8. The summed E-state index contributed by atoms with van der Waals surface area (Å²) in [5.41, 5.74) is 0.300. The van der Waals surface area contributed by atoms with Gasteiger partial charge in [-0.05, 0) is 48.6 Å². The number of benzene rings is 1. The number of hydrogen-bond acceptors (Lipinski definition) is 7. The van der Waals surface area contributed by atoms with Crippen molar-refractivity contribution in [2.45, 2.75) is 39.2 Å². The van der Waals surface area contributed by atoms with Gasteiger partial charge in [0.05, 0.1) is 5.56 Å². The third-order valence-electron chi connectivity index (χ3n) is 5.16. The number of rotatable bonds is 6. The second-order valence-electron chi connectivity index (χ2n) is 8.29. The molecule has 1 aliphatic rings. The van der Waals surface area contributed by atoms with E-state index in [0.29, 0.717) is 24.8 Å². The van der Waals surface area contributed by atoms with E-state index < -0.39 is 17.9 Å². The van der Waals surface area contributed by atoms with Crippen molar-refractivity contribution in [1.29, 1.82) is 0 Å². The Morgan fingerprint density at radius 1 is 1.22 bits per heavy atom. The zero-order chi connectivity index (χ0) is 23.1. The summed E-state index contributed by atoms with van der Waals surface area (Å²) in [4.78, 5) is 45.4. The van der Waals surface area contributed by atoms with Crippen molar-refractivity contribution < 1.29 is 19.3 Å². The fraction of sp³-hybridized carbons (Fsp3) is 0.304. The van der Waals surface area contributed by atoms with Crippen LogP contribution in [0.4, 0.5) is 5.82 Å². The molecule has 0 bridgehead atoms. The normalized spacial score (nSPS) is 19.2. The number of nitrogens with zero attached hydrogens (tertiary/aromatic N) is 3. The Labute approximate surface area is 185 Å². The van der Waals surface area contributed by atoms with Gasteiger partial charge in [-0.25, -0.2) is 9.78 Å². The van der Waals surface area contributed by atoms with Crippen molar-refractivity contribution in [2.75, 3.05) is 5.32 Å². The lowest BCUT2D eigenvalue weighted by Crippen LogP contribution is -2.34. The summed E-state index contributed by atoms with van der Waals surface area (Å²) in [7, 11) is 0. The van der Waals surface area contributed by atoms with Gasteiger partial charge >= 0.3 is 5.97 Å². The summed E-state index contributed by atoms with van der Waals surface area (Å²) in [6.45, 7) is 4.02. The highest BCUT2D eigenvalue weighted by atomic mass is 16.7. The lowest BCUT2D eigenvalue weighted by atomic mass is 9.72. The number of amides is 1. The Hall–Kier alpha value is -3.88. The molecular formula is C23H24N4O5. The average Bonchev–Trinajstić information content (AvgIpc) is 2.76. The second-order valence-corrected chi connectivity index (χ2v) is 8.29. The van der Waals surface area contributed by atoms with E-state index in [0.717, 1.165) is 0 Å². The molecule has 0 saturated heterocycles. The number of nitro groups is 1. The molecule has 9 nitrogen and oxygen atoms in total. The number of hydrogen-bond donors (Lipinski definition) is 1. The predicted octanol–water partition coefficient (Wildman–Crippen LogP) is 4.01. The molecule has 1 amide bonds. The maximum absolute atomic E-state index is 12.9. The Balaban J connectivity index is 1.93. The number of pyridine rings is 1. The quantitative estimate of drug-likeness (QED) is 0.316. The van der Waals surface area contributed by atoms with E-state index in [9.17, 15) is 19.7 Å². The second kappa shape index (κ2) is 9.95. The predicted molar refractivity (Wildman–Crippen MR) is 119 cm³/mol. The molecule has 0 spiro atoms. The molecule has 9 heteroatoms. The van der Waals surface area contributed by atoms with E-state index in [1.54, 1.807) is 48.5 Å². The molecule has 2 aromatic rings. The van der Waals surface area contributed by atoms with Gasteiger partial charge in [0.25, 0.3) is 5.91 Å². The molecule has 1 unspecified atom stereocenters. The van der Waals surface area contributed by atoms with Gasteiger partial charge in [-0.1, -0.05) is 43.3 Å². The lowest BCUT2D eigenvalue weighted by Gasteiger charge is -2.32. The molecule has 0 aliphatic heterocycles. The molecular weight excluding hydrogens is 412 g/mol. The van der Waals surface area contributed by atoms with E-state index >= 15 is 0 Å². The van der Waals surface area contributed by atoms with Crippen LogP contribution >= 0.6 is 0 Å². The van der Waals surface area contributed by atoms with Gasteiger partial charge in [-0.15, -0.1) is 0 Å². The first-order valence-corrected chi connectivity index (χ1v) is 10.2. The zero-order valence-electron chi connectivity index (χ0n) is 17.9. The van der Waals surface area contributed by atoms with Gasteiger partial charge in [0, 0.05) is 23.1 Å². The van der Waals surface area contributed by atoms with Crippen LogP contribution in [0.5, 0.6) is 0 Å². The van der Waals surface area contributed by atoms with E-state index in [2.05, 4.69) is 15.5 Å². The smallest absolute Gasteiger partial charge is 0.312 e. The Kier molecular flexibility index (Phi) is 7.09. The number of nitrogens with one attached hydrogen (secondary N) is 1. The number of anilines is 1. The Bertz CT molecular complexity index is 1050. The van der Waals surface area contributed by atoms with Crippen molar-refractivity contribution in [3.05, 3.63) is 82.1 Å². The van der Waals surface area contributed by atoms with Gasteiger partial charge in [-0.3, -0.25) is 14.9 Å². The average molecular weight is 436 g/mol. The highest BCUT2D eigenvalue weighted by molar-refractivity contribution is 6.47. The Morgan fingerprint density at radius 3 is 2.59 bits per heavy atom. The van der Waals surface area contributed by atoms with Crippen LogP contribution in [-0.4, -0.2) is 33.5 Å². The number of oxime groups is 1. The summed E-state index contributed by atoms with van der Waals surface area (Å²) in [6, 6.07) is 12.2. The van der Waals surface area contributed by atoms with Crippen LogP contribution in [0.25, 0.3) is 0 Å². The summed E-state index contributed by atoms with van der Waals surface area (Å²) >= 11 is 0. The van der Waals surface area contributed by atoms with Gasteiger partial charge in [0.1, 0.15) is 5.82 Å². The summed E-state index contributed by atoms with van der Waals surface area (Å²) < 4.78 is 0. The molecule has 1 fully saturated rings. The molecule has 0 radical (unpaired) electrons. The molecule has 1 atom stereocenters. The topological polar surface area (TPSA) is 124 Å². The third-order valence-corrected chi connectivity index (χ3v) is 5.16. The van der Waals surface area contributed by atoms with Crippen LogP contribution in [0.1, 0.15) is 43.5 Å². The van der Waals surface area contributed by atoms with Crippen LogP contribution in [0, 0.1) is 15.5 Å². The highest BCUT2D eigenvalue weighted by Gasteiger charge is 2.37. The first-order valence-electron chi connectivity index (χ1n) is 10.2. The van der Waals surface area contributed by atoms with Crippen LogP contribution < -0.4 is 5.32 Å². The minimum absolute atomic E-state index is 0.165. The molecule has 166 valence electrons. The SMILES string of the molecule is CC1(C)CCC([N+](=O)[O-])/C(=C/C(=N\OC(=O)c2ccccc2)C(=O)Nc2ccccn2)C1. The monoisotopic (exact) mass is 436 g/mol. The summed E-state index contributed by atoms with van der Waals surface area (Å²) in [5, 5.41) is 17.9. The van der Waals surface area contributed by atoms with Crippen molar-refractivity contribution >= 4 is 23.4 Å². The molecule has 1 N–H and O–H groups in total. The van der Waals surface area contributed by atoms with Crippen LogP contribution in [-0.2, 0) is 9.63 Å². The minimum Gasteiger partial charge on any atom is -0.312 e. The first-order chi connectivity index (χ1) is 15.2. The molecule has 32 heavy (non-hydrogen) atoms. The highest BCUT2D eigenvalue weighted by Crippen LogP contribution is 2.39. The van der Waals surface area contributed by atoms with Crippen molar-refractivity contribution in [3.8, 4) is 0 Å². The number of carbonyl (C=O) groups excluding carboxylic acids is 2. The number of carbonyl (C=O) groups is 2. The van der Waals surface area contributed by atoms with Crippen LogP contribution in [0.2, 0.25) is 0 Å². The van der Waals surface area contributed by atoms with Gasteiger partial charge in [0.2, 0.25) is 6.04 Å². The van der Waals surface area contributed by atoms with Crippen LogP contribution in [0.15, 0.2) is 71.5 Å². The fourth-order valence-electron chi connectivity index (χ4n) is 3.50. The lowest BCUT2D eigenvalue weighted by molar-refractivity contribution is -0.515. The summed E-state index contributed by atoms with van der Waals surface area (Å²) in [5.74, 6) is -1.17. The maximum Gasteiger partial charge on any atom is 0.365 e. The van der Waals surface area contributed by atoms with Crippen LogP contribution in [0.3, 0.4) is 0 Å². The van der Waals surface area contributed by atoms with Gasteiger partial charge in [-0.2, -0.15) is 0 Å². The van der Waals surface area contributed by atoms with E-state index in [1.165, 1.54) is 12.3 Å². The fourth-order valence-corrected chi connectivity index (χ4v) is 3.50. The minimum atomic E-state index is -0.930. The molecule has 1 saturated carbocycles. The van der Waals surface area contributed by atoms with E-state index in [-0.39, 0.29) is 27.4 Å². The van der Waals surface area contributed by atoms with Crippen molar-refractivity contribution in [3.63, 3.8) is 0 Å². The van der Waals surface area contributed by atoms with Gasteiger partial charge in [0.15, 0.2) is 5.71 Å². The zero-order valence-corrected chi connectivity index (χ0v) is 17.9. The summed E-state index contributed by atoms with van der Waals surface area (Å²) in [6.07, 6.45) is 4.31. The van der Waals surface area contributed by atoms with E-state index in [4.69, 9.17) is 4.84 Å². The largest absolute Gasteiger partial charge is 0.365 e. The standard InChI is InChI=1S/C23H24N4O5/c1-23(2)12-11-19(27(30)31)17(15-23)14-18(21(28)25-20-10-6-7-13-24-20)26-32-22(29)16-8-4-3-5-9-16/h3-10,13-14,19H,11-12,15H2,1-2H3,(H,24,25,28)/b17-14+,26-18+.